The number of thioether (sulfide) groups is 1. The van der Waals surface area contributed by atoms with E-state index in [1.54, 1.807) is 0 Å². The number of hydrogen-bond donors (Lipinski definition) is 0. The minimum absolute atomic E-state index is 0.0388. The Bertz CT molecular complexity index is 607. The summed E-state index contributed by atoms with van der Waals surface area (Å²) in [6.07, 6.45) is 0.850. The van der Waals surface area contributed by atoms with Gasteiger partial charge in [-0.25, -0.2) is 4.98 Å². The Morgan fingerprint density at radius 2 is 2.14 bits per heavy atom. The predicted octanol–water partition coefficient (Wildman–Crippen LogP) is 1.66. The van der Waals surface area contributed by atoms with Gasteiger partial charge in [0.05, 0.1) is 11.5 Å². The zero-order valence-electron chi connectivity index (χ0n) is 12.8. The van der Waals surface area contributed by atoms with Gasteiger partial charge >= 0.3 is 0 Å². The molecule has 0 aromatic carbocycles. The van der Waals surface area contributed by atoms with Gasteiger partial charge in [-0.1, -0.05) is 0 Å². The number of aryl methyl sites for hydroxylation is 1. The largest absolute Gasteiger partial charge is 0.355 e. The van der Waals surface area contributed by atoms with E-state index in [-0.39, 0.29) is 11.8 Å². The highest BCUT2D eigenvalue weighted by Gasteiger charge is 2.33. The van der Waals surface area contributed by atoms with Gasteiger partial charge in [-0.05, 0) is 25.5 Å². The fourth-order valence-corrected chi connectivity index (χ4v) is 3.97. The van der Waals surface area contributed by atoms with Crippen LogP contribution in [0, 0.1) is 24.2 Å². The average molecular weight is 316 g/mol. The minimum Gasteiger partial charge on any atom is -0.355 e. The van der Waals surface area contributed by atoms with Gasteiger partial charge in [0, 0.05) is 43.4 Å². The summed E-state index contributed by atoms with van der Waals surface area (Å²) in [6, 6.07) is 5.87. The maximum atomic E-state index is 12.6. The molecule has 3 rings (SSSR count). The summed E-state index contributed by atoms with van der Waals surface area (Å²) in [5, 5.41) is 9.25. The highest BCUT2D eigenvalue weighted by atomic mass is 32.2. The Labute approximate surface area is 135 Å². The SMILES string of the molecule is Cc1ccc(C#N)c(N2CCC(C(=O)N3CCSCC3)C2)n1. The van der Waals surface area contributed by atoms with E-state index < -0.39 is 0 Å². The molecule has 2 aliphatic rings. The van der Waals surface area contributed by atoms with Crippen molar-refractivity contribution in [2.75, 3.05) is 42.6 Å². The topological polar surface area (TPSA) is 60.2 Å². The van der Waals surface area contributed by atoms with Gasteiger partial charge in [0.25, 0.3) is 0 Å². The number of carbonyl (C=O) groups excluding carboxylic acids is 1. The molecule has 1 aromatic heterocycles. The monoisotopic (exact) mass is 316 g/mol. The minimum atomic E-state index is 0.0388. The standard InChI is InChI=1S/C16H20N4OS/c1-12-2-3-13(10-17)15(18-12)20-5-4-14(11-20)16(21)19-6-8-22-9-7-19/h2-3,14H,4-9,11H2,1H3. The number of aromatic nitrogens is 1. The summed E-state index contributed by atoms with van der Waals surface area (Å²) in [5.74, 6) is 3.12. The highest BCUT2D eigenvalue weighted by Crippen LogP contribution is 2.27. The fraction of sp³-hybridized carbons (Fsp3) is 0.562. The molecule has 1 unspecified atom stereocenters. The number of anilines is 1. The van der Waals surface area contributed by atoms with Gasteiger partial charge in [-0.3, -0.25) is 4.79 Å². The Balaban J connectivity index is 1.71. The van der Waals surface area contributed by atoms with Crippen LogP contribution in [-0.4, -0.2) is 53.5 Å². The number of rotatable bonds is 2. The highest BCUT2D eigenvalue weighted by molar-refractivity contribution is 7.99. The van der Waals surface area contributed by atoms with Gasteiger partial charge in [-0.2, -0.15) is 17.0 Å². The second-order valence-electron chi connectivity index (χ2n) is 5.80. The zero-order chi connectivity index (χ0) is 15.5. The molecule has 3 heterocycles. The van der Waals surface area contributed by atoms with Crippen molar-refractivity contribution in [3.05, 3.63) is 23.4 Å². The summed E-state index contributed by atoms with van der Waals surface area (Å²) in [5.41, 5.74) is 1.49. The van der Waals surface area contributed by atoms with Crippen LogP contribution in [0.1, 0.15) is 17.7 Å². The van der Waals surface area contributed by atoms with Crippen LogP contribution < -0.4 is 4.90 Å². The summed E-state index contributed by atoms with van der Waals surface area (Å²) in [7, 11) is 0. The first-order valence-electron chi connectivity index (χ1n) is 7.68. The van der Waals surface area contributed by atoms with E-state index in [0.29, 0.717) is 12.1 Å². The lowest BCUT2D eigenvalue weighted by atomic mass is 10.1. The van der Waals surface area contributed by atoms with Crippen molar-refractivity contribution in [2.24, 2.45) is 5.92 Å². The maximum absolute atomic E-state index is 12.6. The molecule has 2 aliphatic heterocycles. The maximum Gasteiger partial charge on any atom is 0.227 e. The van der Waals surface area contributed by atoms with Crippen molar-refractivity contribution >= 4 is 23.5 Å². The van der Waals surface area contributed by atoms with Gasteiger partial charge in [-0.15, -0.1) is 0 Å². The van der Waals surface area contributed by atoms with Crippen molar-refractivity contribution in [3.8, 4) is 6.07 Å². The zero-order valence-corrected chi connectivity index (χ0v) is 13.6. The van der Waals surface area contributed by atoms with Crippen LogP contribution in [0.3, 0.4) is 0 Å². The summed E-state index contributed by atoms with van der Waals surface area (Å²) in [4.78, 5) is 21.2. The van der Waals surface area contributed by atoms with Crippen molar-refractivity contribution in [2.45, 2.75) is 13.3 Å². The molecule has 6 heteroatoms. The first-order chi connectivity index (χ1) is 10.7. The molecule has 2 fully saturated rings. The molecular formula is C16H20N4OS. The molecule has 0 saturated carbocycles. The van der Waals surface area contributed by atoms with Crippen LogP contribution in [-0.2, 0) is 4.79 Å². The Morgan fingerprint density at radius 3 is 2.86 bits per heavy atom. The van der Waals surface area contributed by atoms with Crippen molar-refractivity contribution in [3.63, 3.8) is 0 Å². The Hall–Kier alpha value is -1.74. The lowest BCUT2D eigenvalue weighted by molar-refractivity contribution is -0.134. The van der Waals surface area contributed by atoms with E-state index in [9.17, 15) is 10.1 Å². The average Bonchev–Trinajstić information content (AvgIpc) is 3.04. The van der Waals surface area contributed by atoms with Crippen molar-refractivity contribution in [1.82, 2.24) is 9.88 Å². The third kappa shape index (κ3) is 3.05. The Kier molecular flexibility index (Phi) is 4.53. The second kappa shape index (κ2) is 6.57. The van der Waals surface area contributed by atoms with Gasteiger partial charge in [0.2, 0.25) is 5.91 Å². The van der Waals surface area contributed by atoms with E-state index in [1.807, 2.05) is 35.7 Å². The molecule has 0 spiro atoms. The summed E-state index contributed by atoms with van der Waals surface area (Å²) in [6.45, 7) is 5.13. The third-order valence-electron chi connectivity index (χ3n) is 4.29. The lowest BCUT2D eigenvalue weighted by Gasteiger charge is -2.29. The van der Waals surface area contributed by atoms with Gasteiger partial charge in [0.15, 0.2) is 0 Å². The number of nitriles is 1. The number of amides is 1. The van der Waals surface area contributed by atoms with Crippen molar-refractivity contribution in [1.29, 1.82) is 5.26 Å². The van der Waals surface area contributed by atoms with E-state index in [1.165, 1.54) is 0 Å². The van der Waals surface area contributed by atoms with Crippen LogP contribution in [0.5, 0.6) is 0 Å². The molecule has 0 radical (unpaired) electrons. The van der Waals surface area contributed by atoms with E-state index in [4.69, 9.17) is 0 Å². The Morgan fingerprint density at radius 1 is 1.36 bits per heavy atom. The third-order valence-corrected chi connectivity index (χ3v) is 5.24. The second-order valence-corrected chi connectivity index (χ2v) is 7.03. The smallest absolute Gasteiger partial charge is 0.227 e. The molecule has 1 amide bonds. The van der Waals surface area contributed by atoms with Crippen LogP contribution in [0.25, 0.3) is 0 Å². The molecule has 5 nitrogen and oxygen atoms in total. The summed E-state index contributed by atoms with van der Waals surface area (Å²) < 4.78 is 0. The summed E-state index contributed by atoms with van der Waals surface area (Å²) >= 11 is 1.91. The van der Waals surface area contributed by atoms with Crippen LogP contribution in [0.15, 0.2) is 12.1 Å². The first-order valence-corrected chi connectivity index (χ1v) is 8.83. The van der Waals surface area contributed by atoms with Crippen LogP contribution >= 0.6 is 11.8 Å². The van der Waals surface area contributed by atoms with Gasteiger partial charge < -0.3 is 9.80 Å². The normalized spacial score (nSPS) is 21.7. The molecule has 22 heavy (non-hydrogen) atoms. The van der Waals surface area contributed by atoms with Crippen LogP contribution in [0.2, 0.25) is 0 Å². The fourth-order valence-electron chi connectivity index (χ4n) is 3.07. The molecule has 116 valence electrons. The number of carbonyl (C=O) groups is 1. The number of pyridine rings is 1. The predicted molar refractivity (Wildman–Crippen MR) is 87.9 cm³/mol. The number of hydrogen-bond acceptors (Lipinski definition) is 5. The molecule has 0 bridgehead atoms. The van der Waals surface area contributed by atoms with E-state index in [0.717, 1.165) is 49.1 Å². The quantitative estimate of drug-likeness (QED) is 0.830. The number of nitrogens with zero attached hydrogens (tertiary/aromatic N) is 4. The first kappa shape index (κ1) is 15.2. The van der Waals surface area contributed by atoms with Gasteiger partial charge in [0.1, 0.15) is 11.9 Å². The molecular weight excluding hydrogens is 296 g/mol. The molecule has 2 saturated heterocycles. The molecule has 1 aromatic rings. The van der Waals surface area contributed by atoms with E-state index in [2.05, 4.69) is 16.0 Å². The van der Waals surface area contributed by atoms with E-state index >= 15 is 0 Å². The molecule has 0 aliphatic carbocycles. The van der Waals surface area contributed by atoms with Crippen LogP contribution in [0.4, 0.5) is 5.82 Å². The molecule has 0 N–H and O–H groups in total. The lowest BCUT2D eigenvalue weighted by Crippen LogP contribution is -2.42. The molecule has 1 atom stereocenters. The van der Waals surface area contributed by atoms with Crippen molar-refractivity contribution < 1.29 is 4.79 Å².